The first-order chi connectivity index (χ1) is 8.33. The molecule has 0 atom stereocenters. The Kier molecular flexibility index (Phi) is 2.81. The number of thiophene rings is 1. The first-order valence-electron chi connectivity index (χ1n) is 6.14. The van der Waals surface area contributed by atoms with Crippen molar-refractivity contribution in [3.8, 4) is 0 Å². The second-order valence-electron chi connectivity index (χ2n) is 5.01. The van der Waals surface area contributed by atoms with Gasteiger partial charge in [0.05, 0.1) is 12.3 Å². The van der Waals surface area contributed by atoms with Crippen molar-refractivity contribution in [3.05, 3.63) is 29.6 Å². The zero-order valence-electron chi connectivity index (χ0n) is 9.78. The van der Waals surface area contributed by atoms with E-state index < -0.39 is 0 Å². The van der Waals surface area contributed by atoms with Gasteiger partial charge >= 0.3 is 0 Å². The van der Waals surface area contributed by atoms with Crippen molar-refractivity contribution in [2.75, 3.05) is 18.5 Å². The van der Waals surface area contributed by atoms with E-state index in [1.807, 2.05) is 0 Å². The predicted molar refractivity (Wildman–Crippen MR) is 73.7 cm³/mol. The fraction of sp³-hybridized carbons (Fsp3) is 0.429. The molecule has 1 aliphatic carbocycles. The number of rotatable bonds is 4. The third kappa shape index (κ3) is 1.94. The van der Waals surface area contributed by atoms with Crippen LogP contribution in [0.5, 0.6) is 0 Å². The Labute approximate surface area is 105 Å². The van der Waals surface area contributed by atoms with Crippen LogP contribution >= 0.6 is 11.3 Å². The molecule has 2 N–H and O–H groups in total. The molecule has 0 spiro atoms. The van der Waals surface area contributed by atoms with Gasteiger partial charge in [0.15, 0.2) is 0 Å². The first-order valence-corrected chi connectivity index (χ1v) is 7.02. The second kappa shape index (κ2) is 4.31. The lowest BCUT2D eigenvalue weighted by Gasteiger charge is -2.40. The van der Waals surface area contributed by atoms with Crippen molar-refractivity contribution < 1.29 is 5.11 Å². The molecular weight excluding hydrogens is 230 g/mol. The van der Waals surface area contributed by atoms with Gasteiger partial charge in [-0.3, -0.25) is 0 Å². The van der Waals surface area contributed by atoms with E-state index in [0.29, 0.717) is 6.61 Å². The Morgan fingerprint density at radius 1 is 1.29 bits per heavy atom. The number of hydrogen-bond donors (Lipinski definition) is 2. The van der Waals surface area contributed by atoms with E-state index in [4.69, 9.17) is 0 Å². The summed E-state index contributed by atoms with van der Waals surface area (Å²) < 4.78 is 1.32. The number of aliphatic hydroxyl groups is 1. The zero-order valence-corrected chi connectivity index (χ0v) is 10.6. The largest absolute Gasteiger partial charge is 0.396 e. The zero-order chi connectivity index (χ0) is 11.7. The average Bonchev–Trinajstić information content (AvgIpc) is 2.72. The van der Waals surface area contributed by atoms with E-state index >= 15 is 0 Å². The fourth-order valence-corrected chi connectivity index (χ4v) is 3.38. The smallest absolute Gasteiger partial charge is 0.0529 e. The van der Waals surface area contributed by atoms with Gasteiger partial charge in [-0.1, -0.05) is 24.6 Å². The van der Waals surface area contributed by atoms with Gasteiger partial charge in [-0.2, -0.15) is 0 Å². The van der Waals surface area contributed by atoms with Crippen molar-refractivity contribution in [1.29, 1.82) is 0 Å². The summed E-state index contributed by atoms with van der Waals surface area (Å²) in [7, 11) is 0. The SMILES string of the molecule is OCC1(CNc2csc3ccccc23)CCC1. The van der Waals surface area contributed by atoms with E-state index in [1.54, 1.807) is 11.3 Å². The van der Waals surface area contributed by atoms with Crippen molar-refractivity contribution in [3.63, 3.8) is 0 Å². The molecule has 2 aromatic rings. The van der Waals surface area contributed by atoms with Gasteiger partial charge < -0.3 is 10.4 Å². The molecule has 1 aromatic heterocycles. The molecule has 90 valence electrons. The van der Waals surface area contributed by atoms with Gasteiger partial charge in [0, 0.05) is 27.4 Å². The van der Waals surface area contributed by atoms with Crippen molar-refractivity contribution in [2.24, 2.45) is 5.41 Å². The summed E-state index contributed by atoms with van der Waals surface area (Å²) in [5, 5.41) is 16.4. The quantitative estimate of drug-likeness (QED) is 0.867. The maximum absolute atomic E-state index is 9.44. The van der Waals surface area contributed by atoms with Crippen LogP contribution < -0.4 is 5.32 Å². The van der Waals surface area contributed by atoms with Gasteiger partial charge in [-0.15, -0.1) is 11.3 Å². The molecule has 1 saturated carbocycles. The van der Waals surface area contributed by atoms with Crippen molar-refractivity contribution in [2.45, 2.75) is 19.3 Å². The molecule has 0 aliphatic heterocycles. The van der Waals surface area contributed by atoms with Crippen LogP contribution in [0.4, 0.5) is 5.69 Å². The van der Waals surface area contributed by atoms with Crippen LogP contribution in [0, 0.1) is 5.41 Å². The predicted octanol–water partition coefficient (Wildman–Crippen LogP) is 3.48. The summed E-state index contributed by atoms with van der Waals surface area (Å²) in [4.78, 5) is 0. The Morgan fingerprint density at radius 3 is 2.82 bits per heavy atom. The first kappa shape index (κ1) is 11.1. The van der Waals surface area contributed by atoms with E-state index in [-0.39, 0.29) is 5.41 Å². The highest BCUT2D eigenvalue weighted by atomic mass is 32.1. The van der Waals surface area contributed by atoms with Gasteiger partial charge in [-0.05, 0) is 18.9 Å². The van der Waals surface area contributed by atoms with Gasteiger partial charge in [0.25, 0.3) is 0 Å². The van der Waals surface area contributed by atoms with Crippen molar-refractivity contribution in [1.82, 2.24) is 0 Å². The van der Waals surface area contributed by atoms with E-state index in [9.17, 15) is 5.11 Å². The van der Waals surface area contributed by atoms with Crippen molar-refractivity contribution >= 4 is 27.1 Å². The normalized spacial score (nSPS) is 17.9. The Balaban J connectivity index is 1.77. The number of fused-ring (bicyclic) bond motifs is 1. The maximum Gasteiger partial charge on any atom is 0.0529 e. The number of benzene rings is 1. The Morgan fingerprint density at radius 2 is 2.12 bits per heavy atom. The Bertz CT molecular complexity index is 510. The molecule has 3 heteroatoms. The van der Waals surface area contributed by atoms with Crippen LogP contribution in [-0.2, 0) is 0 Å². The molecule has 2 nitrogen and oxygen atoms in total. The molecule has 0 amide bonds. The standard InChI is InChI=1S/C14H17NOS/c16-10-14(6-3-7-14)9-15-12-8-17-13-5-2-1-4-11(12)13/h1-2,4-5,8,15-16H,3,6-7,9-10H2. The third-order valence-corrected chi connectivity index (χ3v) is 4.85. The van der Waals surface area contributed by atoms with Crippen LogP contribution in [0.2, 0.25) is 0 Å². The number of aliphatic hydroxyl groups excluding tert-OH is 1. The summed E-state index contributed by atoms with van der Waals surface area (Å²) in [5.74, 6) is 0. The molecule has 0 radical (unpaired) electrons. The lowest BCUT2D eigenvalue weighted by Crippen LogP contribution is -2.39. The summed E-state index contributed by atoms with van der Waals surface area (Å²) in [5.41, 5.74) is 1.36. The van der Waals surface area contributed by atoms with E-state index in [0.717, 1.165) is 19.4 Å². The van der Waals surface area contributed by atoms with Gasteiger partial charge in [-0.25, -0.2) is 0 Å². The monoisotopic (exact) mass is 247 g/mol. The fourth-order valence-electron chi connectivity index (χ4n) is 2.46. The minimum Gasteiger partial charge on any atom is -0.396 e. The summed E-state index contributed by atoms with van der Waals surface area (Å²) in [6, 6.07) is 8.45. The van der Waals surface area contributed by atoms with E-state index in [2.05, 4.69) is 35.0 Å². The number of hydrogen-bond acceptors (Lipinski definition) is 3. The maximum atomic E-state index is 9.44. The summed E-state index contributed by atoms with van der Waals surface area (Å²) >= 11 is 1.77. The summed E-state index contributed by atoms with van der Waals surface area (Å²) in [6.07, 6.45) is 3.56. The third-order valence-electron chi connectivity index (χ3n) is 3.88. The molecule has 0 saturated heterocycles. The van der Waals surface area contributed by atoms with Crippen LogP contribution in [0.15, 0.2) is 29.6 Å². The number of nitrogens with one attached hydrogen (secondary N) is 1. The molecule has 3 rings (SSSR count). The number of anilines is 1. The second-order valence-corrected chi connectivity index (χ2v) is 5.92. The van der Waals surface area contributed by atoms with Crippen LogP contribution in [0.25, 0.3) is 10.1 Å². The minimum absolute atomic E-state index is 0.142. The molecule has 1 fully saturated rings. The van der Waals surface area contributed by atoms with Crippen LogP contribution in [0.1, 0.15) is 19.3 Å². The minimum atomic E-state index is 0.142. The molecule has 1 heterocycles. The average molecular weight is 247 g/mol. The topological polar surface area (TPSA) is 32.3 Å². The molecule has 0 unspecified atom stereocenters. The molecule has 0 bridgehead atoms. The summed E-state index contributed by atoms with van der Waals surface area (Å²) in [6.45, 7) is 1.20. The van der Waals surface area contributed by atoms with E-state index in [1.165, 1.54) is 22.2 Å². The van der Waals surface area contributed by atoms with Gasteiger partial charge in [0.2, 0.25) is 0 Å². The molecule has 1 aromatic carbocycles. The highest BCUT2D eigenvalue weighted by molar-refractivity contribution is 7.17. The van der Waals surface area contributed by atoms with Crippen LogP contribution in [0.3, 0.4) is 0 Å². The lowest BCUT2D eigenvalue weighted by molar-refractivity contribution is 0.0577. The van der Waals surface area contributed by atoms with Gasteiger partial charge in [0.1, 0.15) is 0 Å². The van der Waals surface area contributed by atoms with Crippen LogP contribution in [-0.4, -0.2) is 18.3 Å². The lowest BCUT2D eigenvalue weighted by atomic mass is 9.69. The molecular formula is C14H17NOS. The molecule has 17 heavy (non-hydrogen) atoms. The molecule has 1 aliphatic rings. The highest BCUT2D eigenvalue weighted by Gasteiger charge is 2.36. The Hall–Kier alpha value is -1.06. The highest BCUT2D eigenvalue weighted by Crippen LogP contribution is 2.41.